The number of carbonyl (C=O) groups excluding carboxylic acids is 2. The molecule has 0 amide bonds. The van der Waals surface area contributed by atoms with E-state index in [2.05, 4.69) is 20.8 Å². The van der Waals surface area contributed by atoms with Gasteiger partial charge in [-0.3, -0.25) is 9.59 Å². The van der Waals surface area contributed by atoms with Crippen molar-refractivity contribution in [1.29, 1.82) is 0 Å². The van der Waals surface area contributed by atoms with Crippen LogP contribution in [0.2, 0.25) is 0 Å². The molecule has 0 bridgehead atoms. The Kier molecular flexibility index (Phi) is 11.6. The van der Waals surface area contributed by atoms with E-state index >= 15 is 0 Å². The summed E-state index contributed by atoms with van der Waals surface area (Å²) < 4.78 is 10.8. The van der Waals surface area contributed by atoms with E-state index in [1.807, 2.05) is 0 Å². The van der Waals surface area contributed by atoms with Crippen molar-refractivity contribution in [2.24, 2.45) is 17.8 Å². The number of esters is 2. The first-order valence-electron chi connectivity index (χ1n) is 10.4. The average molecular weight is 355 g/mol. The third-order valence-electron chi connectivity index (χ3n) is 5.00. The maximum Gasteiger partial charge on any atom is 0.308 e. The quantitative estimate of drug-likeness (QED) is 0.353. The highest BCUT2D eigenvalue weighted by molar-refractivity contribution is 5.76. The molecule has 0 N–H and O–H groups in total. The molecule has 2 unspecified atom stereocenters. The van der Waals surface area contributed by atoms with Gasteiger partial charge in [0.25, 0.3) is 0 Å². The minimum Gasteiger partial charge on any atom is -0.465 e. The molecule has 4 heteroatoms. The van der Waals surface area contributed by atoms with Gasteiger partial charge in [-0.15, -0.1) is 0 Å². The van der Waals surface area contributed by atoms with E-state index < -0.39 is 0 Å². The molecule has 0 saturated heterocycles. The highest BCUT2D eigenvalue weighted by Crippen LogP contribution is 2.31. The van der Waals surface area contributed by atoms with Crippen molar-refractivity contribution in [2.75, 3.05) is 13.2 Å². The van der Waals surface area contributed by atoms with Crippen LogP contribution >= 0.6 is 0 Å². The molecule has 25 heavy (non-hydrogen) atoms. The molecule has 146 valence electrons. The number of hydrogen-bond donors (Lipinski definition) is 0. The van der Waals surface area contributed by atoms with E-state index in [-0.39, 0.29) is 23.8 Å². The Labute approximate surface area is 154 Å². The fourth-order valence-corrected chi connectivity index (χ4v) is 3.38. The Bertz CT molecular complexity index is 378. The van der Waals surface area contributed by atoms with Crippen LogP contribution in [0.1, 0.15) is 91.4 Å². The van der Waals surface area contributed by atoms with Crippen molar-refractivity contribution < 1.29 is 19.1 Å². The van der Waals surface area contributed by atoms with Crippen LogP contribution in [-0.2, 0) is 19.1 Å². The minimum atomic E-state index is -0.127. The molecule has 0 aromatic heterocycles. The van der Waals surface area contributed by atoms with Gasteiger partial charge < -0.3 is 9.47 Å². The van der Waals surface area contributed by atoms with Crippen molar-refractivity contribution in [1.82, 2.24) is 0 Å². The topological polar surface area (TPSA) is 52.6 Å². The van der Waals surface area contributed by atoms with Crippen molar-refractivity contribution in [3.05, 3.63) is 0 Å². The van der Waals surface area contributed by atoms with Crippen LogP contribution in [0.25, 0.3) is 0 Å². The third kappa shape index (κ3) is 9.86. The number of unbranched alkanes of at least 4 members (excludes halogenated alkanes) is 4. The van der Waals surface area contributed by atoms with Gasteiger partial charge in [-0.2, -0.15) is 0 Å². The lowest BCUT2D eigenvalue weighted by Crippen LogP contribution is -2.30. The van der Waals surface area contributed by atoms with Crippen molar-refractivity contribution in [2.45, 2.75) is 91.4 Å². The molecular formula is C21H38O4. The molecule has 4 nitrogen and oxygen atoms in total. The Morgan fingerprint density at radius 1 is 0.880 bits per heavy atom. The summed E-state index contributed by atoms with van der Waals surface area (Å²) in [5.41, 5.74) is 0. The van der Waals surface area contributed by atoms with E-state index in [1.54, 1.807) is 0 Å². The maximum absolute atomic E-state index is 12.2. The standard InChI is InChI=1S/C21H38O4/c1-4-5-8-14-24-20(22)18-12-10-13-19(16-18)21(23)25-15-9-6-7-11-17(2)3/h17-19H,4-16H2,1-3H3. The Morgan fingerprint density at radius 2 is 1.44 bits per heavy atom. The zero-order valence-electron chi connectivity index (χ0n) is 16.6. The fourth-order valence-electron chi connectivity index (χ4n) is 3.38. The Morgan fingerprint density at radius 3 is 1.96 bits per heavy atom. The monoisotopic (exact) mass is 354 g/mol. The van der Waals surface area contributed by atoms with Gasteiger partial charge in [-0.1, -0.05) is 59.3 Å². The molecule has 1 saturated carbocycles. The fraction of sp³-hybridized carbons (Fsp3) is 0.905. The summed E-state index contributed by atoms with van der Waals surface area (Å²) >= 11 is 0. The normalized spacial score (nSPS) is 20.5. The zero-order valence-corrected chi connectivity index (χ0v) is 16.6. The Hall–Kier alpha value is -1.06. The maximum atomic E-state index is 12.2. The molecule has 0 radical (unpaired) electrons. The summed E-state index contributed by atoms with van der Waals surface area (Å²) in [6.45, 7) is 7.61. The van der Waals surface area contributed by atoms with Gasteiger partial charge in [0, 0.05) is 0 Å². The van der Waals surface area contributed by atoms with E-state index in [0.717, 1.165) is 57.3 Å². The van der Waals surface area contributed by atoms with Crippen molar-refractivity contribution in [3.8, 4) is 0 Å². The lowest BCUT2D eigenvalue weighted by atomic mass is 9.81. The smallest absolute Gasteiger partial charge is 0.308 e. The predicted molar refractivity (Wildman–Crippen MR) is 100 cm³/mol. The number of rotatable bonds is 12. The predicted octanol–water partition coefficient (Wildman–Crippen LogP) is 5.29. The summed E-state index contributed by atoms with van der Waals surface area (Å²) in [5, 5.41) is 0. The van der Waals surface area contributed by atoms with Crippen LogP contribution in [0.3, 0.4) is 0 Å². The minimum absolute atomic E-state index is 0.118. The van der Waals surface area contributed by atoms with Crippen LogP contribution in [0.15, 0.2) is 0 Å². The SMILES string of the molecule is CCCCCOC(=O)C1CCCC(C(=O)OCCCCCC(C)C)C1. The van der Waals surface area contributed by atoms with Gasteiger partial charge in [-0.05, 0) is 38.0 Å². The second-order valence-corrected chi connectivity index (χ2v) is 7.85. The molecule has 2 atom stereocenters. The number of carbonyl (C=O) groups is 2. The summed E-state index contributed by atoms with van der Waals surface area (Å²) in [6, 6.07) is 0. The van der Waals surface area contributed by atoms with Crippen LogP contribution in [0, 0.1) is 17.8 Å². The summed E-state index contributed by atoms with van der Waals surface area (Å²) in [4.78, 5) is 24.4. The Balaban J connectivity index is 2.20. The van der Waals surface area contributed by atoms with Gasteiger partial charge in [0.1, 0.15) is 0 Å². The number of ether oxygens (including phenoxy) is 2. The molecule has 0 heterocycles. The summed E-state index contributed by atoms with van der Waals surface area (Å²) in [5.74, 6) is 0.245. The molecule has 0 aromatic rings. The van der Waals surface area contributed by atoms with E-state index in [1.165, 1.54) is 12.8 Å². The molecule has 0 spiro atoms. The summed E-state index contributed by atoms with van der Waals surface area (Å²) in [6.07, 6.45) is 10.8. The van der Waals surface area contributed by atoms with Gasteiger partial charge in [0.05, 0.1) is 25.0 Å². The molecular weight excluding hydrogens is 316 g/mol. The molecule has 1 aliphatic carbocycles. The first-order chi connectivity index (χ1) is 12.0. The lowest BCUT2D eigenvalue weighted by molar-refractivity contribution is -0.155. The molecule has 1 aliphatic rings. The molecule has 1 rings (SSSR count). The van der Waals surface area contributed by atoms with Crippen LogP contribution in [-0.4, -0.2) is 25.2 Å². The average Bonchev–Trinajstić information content (AvgIpc) is 2.61. The van der Waals surface area contributed by atoms with Crippen molar-refractivity contribution >= 4 is 11.9 Å². The van der Waals surface area contributed by atoms with E-state index in [0.29, 0.717) is 19.6 Å². The van der Waals surface area contributed by atoms with Gasteiger partial charge in [0.15, 0.2) is 0 Å². The van der Waals surface area contributed by atoms with E-state index in [4.69, 9.17) is 9.47 Å². The van der Waals surface area contributed by atoms with Crippen LogP contribution in [0.5, 0.6) is 0 Å². The summed E-state index contributed by atoms with van der Waals surface area (Å²) in [7, 11) is 0. The first-order valence-corrected chi connectivity index (χ1v) is 10.4. The van der Waals surface area contributed by atoms with Crippen LogP contribution < -0.4 is 0 Å². The highest BCUT2D eigenvalue weighted by atomic mass is 16.5. The van der Waals surface area contributed by atoms with Gasteiger partial charge in [0.2, 0.25) is 0 Å². The third-order valence-corrected chi connectivity index (χ3v) is 5.00. The second kappa shape index (κ2) is 13.2. The first kappa shape index (κ1) is 22.0. The highest BCUT2D eigenvalue weighted by Gasteiger charge is 2.32. The van der Waals surface area contributed by atoms with Crippen molar-refractivity contribution in [3.63, 3.8) is 0 Å². The van der Waals surface area contributed by atoms with E-state index in [9.17, 15) is 9.59 Å². The second-order valence-electron chi connectivity index (χ2n) is 7.85. The van der Waals surface area contributed by atoms with Gasteiger partial charge in [-0.25, -0.2) is 0 Å². The molecule has 1 fully saturated rings. The molecule has 0 aliphatic heterocycles. The van der Waals surface area contributed by atoms with Gasteiger partial charge >= 0.3 is 11.9 Å². The lowest BCUT2D eigenvalue weighted by Gasteiger charge is -2.26. The largest absolute Gasteiger partial charge is 0.465 e. The zero-order chi connectivity index (χ0) is 18.5. The number of hydrogen-bond acceptors (Lipinski definition) is 4. The van der Waals surface area contributed by atoms with Crippen LogP contribution in [0.4, 0.5) is 0 Å². The molecule has 0 aromatic carbocycles.